The van der Waals surface area contributed by atoms with E-state index in [9.17, 15) is 14.9 Å². The number of methoxy groups -OCH3 is 1. The van der Waals surface area contributed by atoms with Gasteiger partial charge < -0.3 is 20.1 Å². The lowest BCUT2D eigenvalue weighted by atomic mass is 10.1. The lowest BCUT2D eigenvalue weighted by Crippen LogP contribution is -2.24. The number of nitro benzene ring substituents is 1. The molecule has 0 unspecified atom stereocenters. The molecule has 1 aliphatic heterocycles. The predicted molar refractivity (Wildman–Crippen MR) is 99.0 cm³/mol. The van der Waals surface area contributed by atoms with Crippen molar-refractivity contribution in [3.8, 4) is 11.5 Å². The number of carbonyl (C=O) groups excluding carboxylic acids is 1. The monoisotopic (exact) mass is 371 g/mol. The number of benzene rings is 2. The number of ether oxygens (including phenoxy) is 2. The van der Waals surface area contributed by atoms with Crippen LogP contribution in [-0.2, 0) is 19.6 Å². The number of fused-ring (bicyclic) bond motifs is 1. The Hall–Kier alpha value is -3.13. The summed E-state index contributed by atoms with van der Waals surface area (Å²) in [5, 5.41) is 17.4. The van der Waals surface area contributed by atoms with E-state index in [1.165, 1.54) is 30.4 Å². The van der Waals surface area contributed by atoms with Crippen molar-refractivity contribution in [2.24, 2.45) is 0 Å². The van der Waals surface area contributed by atoms with Crippen molar-refractivity contribution < 1.29 is 19.2 Å². The van der Waals surface area contributed by atoms with Gasteiger partial charge in [0.2, 0.25) is 0 Å². The molecule has 3 rings (SSSR count). The number of rotatable bonds is 7. The first-order valence-electron chi connectivity index (χ1n) is 8.62. The standard InChI is InChI=1S/C19H21N3O5/c1-3-27-18-7-15(16(22(24)25)8-17(18)26-2)19(23)21-9-12-4-5-13-10-20-11-14(13)6-12/h4-8,20H,3,9-11H2,1-2H3,(H,21,23). The third kappa shape index (κ3) is 4.01. The fraction of sp³-hybridized carbons (Fsp3) is 0.316. The SMILES string of the molecule is CCOc1cc(C(=O)NCc2ccc3c(c2)CNC3)c([N+](=O)[O-])cc1OC. The molecule has 0 aliphatic carbocycles. The highest BCUT2D eigenvalue weighted by atomic mass is 16.6. The van der Waals surface area contributed by atoms with Gasteiger partial charge >= 0.3 is 0 Å². The van der Waals surface area contributed by atoms with Crippen LogP contribution in [0.1, 0.15) is 34.0 Å². The Morgan fingerprint density at radius 1 is 1.22 bits per heavy atom. The lowest BCUT2D eigenvalue weighted by Gasteiger charge is -2.12. The van der Waals surface area contributed by atoms with Crippen LogP contribution in [0.2, 0.25) is 0 Å². The molecule has 1 amide bonds. The third-order valence-corrected chi connectivity index (χ3v) is 4.38. The maximum atomic E-state index is 12.6. The molecule has 0 bridgehead atoms. The van der Waals surface area contributed by atoms with Crippen LogP contribution in [0, 0.1) is 10.1 Å². The fourth-order valence-electron chi connectivity index (χ4n) is 3.05. The van der Waals surface area contributed by atoms with Crippen LogP contribution in [0.4, 0.5) is 5.69 Å². The van der Waals surface area contributed by atoms with Crippen LogP contribution in [0.25, 0.3) is 0 Å². The number of nitro groups is 1. The zero-order chi connectivity index (χ0) is 19.4. The van der Waals surface area contributed by atoms with Gasteiger partial charge in [0.25, 0.3) is 11.6 Å². The van der Waals surface area contributed by atoms with Crippen LogP contribution in [0.15, 0.2) is 30.3 Å². The lowest BCUT2D eigenvalue weighted by molar-refractivity contribution is -0.385. The molecule has 1 heterocycles. The number of hydrogen-bond donors (Lipinski definition) is 2. The van der Waals surface area contributed by atoms with Gasteiger partial charge in [0.05, 0.1) is 24.7 Å². The van der Waals surface area contributed by atoms with Gasteiger partial charge in [-0.15, -0.1) is 0 Å². The van der Waals surface area contributed by atoms with E-state index in [4.69, 9.17) is 9.47 Å². The van der Waals surface area contributed by atoms with Crippen molar-refractivity contribution in [1.82, 2.24) is 10.6 Å². The Kier molecular flexibility index (Phi) is 5.56. The molecule has 0 aromatic heterocycles. The van der Waals surface area contributed by atoms with Gasteiger partial charge in [-0.1, -0.05) is 18.2 Å². The molecule has 2 aromatic carbocycles. The van der Waals surface area contributed by atoms with Gasteiger partial charge in [0.1, 0.15) is 5.56 Å². The first-order valence-corrected chi connectivity index (χ1v) is 8.62. The van der Waals surface area contributed by atoms with Crippen molar-refractivity contribution in [3.05, 3.63) is 62.7 Å². The van der Waals surface area contributed by atoms with Crippen LogP contribution in [0.3, 0.4) is 0 Å². The molecule has 8 heteroatoms. The van der Waals surface area contributed by atoms with Gasteiger partial charge in [-0.2, -0.15) is 0 Å². The second kappa shape index (κ2) is 8.05. The highest BCUT2D eigenvalue weighted by Crippen LogP contribution is 2.34. The summed E-state index contributed by atoms with van der Waals surface area (Å²) in [6.07, 6.45) is 0. The molecule has 0 saturated carbocycles. The van der Waals surface area contributed by atoms with E-state index in [1.54, 1.807) is 6.92 Å². The Morgan fingerprint density at radius 2 is 2.00 bits per heavy atom. The number of amides is 1. The van der Waals surface area contributed by atoms with Gasteiger partial charge in [-0.25, -0.2) is 0 Å². The summed E-state index contributed by atoms with van der Waals surface area (Å²) in [6.45, 7) is 4.06. The van der Waals surface area contributed by atoms with Crippen LogP contribution >= 0.6 is 0 Å². The van der Waals surface area contributed by atoms with Crippen molar-refractivity contribution >= 4 is 11.6 Å². The zero-order valence-electron chi connectivity index (χ0n) is 15.2. The van der Waals surface area contributed by atoms with E-state index in [2.05, 4.69) is 10.6 Å². The summed E-state index contributed by atoms with van der Waals surface area (Å²) in [5.41, 5.74) is 3.00. The van der Waals surface area contributed by atoms with Crippen LogP contribution in [-0.4, -0.2) is 24.5 Å². The molecular formula is C19H21N3O5. The first-order chi connectivity index (χ1) is 13.0. The summed E-state index contributed by atoms with van der Waals surface area (Å²) in [4.78, 5) is 23.4. The molecule has 1 aliphatic rings. The average molecular weight is 371 g/mol. The van der Waals surface area contributed by atoms with Gasteiger partial charge in [0.15, 0.2) is 11.5 Å². The van der Waals surface area contributed by atoms with E-state index in [1.807, 2.05) is 18.2 Å². The minimum atomic E-state index is -0.603. The highest BCUT2D eigenvalue weighted by molar-refractivity contribution is 5.99. The molecule has 2 N–H and O–H groups in total. The van der Waals surface area contributed by atoms with Crippen LogP contribution < -0.4 is 20.1 Å². The molecule has 2 aromatic rings. The normalized spacial score (nSPS) is 12.4. The Labute approximate surface area is 156 Å². The van der Waals surface area contributed by atoms with Crippen molar-refractivity contribution in [3.63, 3.8) is 0 Å². The molecule has 0 radical (unpaired) electrons. The summed E-state index contributed by atoms with van der Waals surface area (Å²) >= 11 is 0. The van der Waals surface area contributed by atoms with E-state index in [0.29, 0.717) is 12.4 Å². The van der Waals surface area contributed by atoms with E-state index in [0.717, 1.165) is 18.7 Å². The third-order valence-electron chi connectivity index (χ3n) is 4.38. The van der Waals surface area contributed by atoms with Crippen LogP contribution in [0.5, 0.6) is 11.5 Å². The predicted octanol–water partition coefficient (Wildman–Crippen LogP) is 2.54. The molecule has 27 heavy (non-hydrogen) atoms. The van der Waals surface area contributed by atoms with E-state index < -0.39 is 10.8 Å². The molecule has 0 spiro atoms. The van der Waals surface area contributed by atoms with Gasteiger partial charge in [-0.05, 0) is 23.6 Å². The molecule has 8 nitrogen and oxygen atoms in total. The average Bonchev–Trinajstić information content (AvgIpc) is 3.13. The Bertz CT molecular complexity index is 882. The molecule has 0 fully saturated rings. The topological polar surface area (TPSA) is 103 Å². The van der Waals surface area contributed by atoms with Gasteiger partial charge in [-0.3, -0.25) is 14.9 Å². The van der Waals surface area contributed by atoms with Crippen molar-refractivity contribution in [2.45, 2.75) is 26.6 Å². The van der Waals surface area contributed by atoms with Gasteiger partial charge in [0, 0.05) is 25.7 Å². The molecule has 0 atom stereocenters. The minimum absolute atomic E-state index is 0.0629. The molecule has 142 valence electrons. The molecule has 0 saturated heterocycles. The summed E-state index contributed by atoms with van der Waals surface area (Å²) in [7, 11) is 1.39. The van der Waals surface area contributed by atoms with Crippen molar-refractivity contribution in [1.29, 1.82) is 0 Å². The first kappa shape index (κ1) is 18.7. The highest BCUT2D eigenvalue weighted by Gasteiger charge is 2.24. The largest absolute Gasteiger partial charge is 0.493 e. The minimum Gasteiger partial charge on any atom is -0.493 e. The fourth-order valence-corrected chi connectivity index (χ4v) is 3.05. The zero-order valence-corrected chi connectivity index (χ0v) is 15.2. The Morgan fingerprint density at radius 3 is 2.70 bits per heavy atom. The number of nitrogens with zero attached hydrogens (tertiary/aromatic N) is 1. The van der Waals surface area contributed by atoms with E-state index in [-0.39, 0.29) is 23.5 Å². The number of carbonyl (C=O) groups is 1. The van der Waals surface area contributed by atoms with Crippen molar-refractivity contribution in [2.75, 3.05) is 13.7 Å². The second-order valence-corrected chi connectivity index (χ2v) is 6.10. The Balaban J connectivity index is 1.82. The second-order valence-electron chi connectivity index (χ2n) is 6.10. The maximum absolute atomic E-state index is 12.6. The smallest absolute Gasteiger partial charge is 0.286 e. The number of hydrogen-bond acceptors (Lipinski definition) is 6. The summed E-state index contributed by atoms with van der Waals surface area (Å²) in [6, 6.07) is 8.56. The van der Waals surface area contributed by atoms with E-state index >= 15 is 0 Å². The maximum Gasteiger partial charge on any atom is 0.286 e. The quantitative estimate of drug-likeness (QED) is 0.573. The summed E-state index contributed by atoms with van der Waals surface area (Å²) in [5.74, 6) is -0.0329. The number of nitrogens with one attached hydrogen (secondary N) is 2. The summed E-state index contributed by atoms with van der Waals surface area (Å²) < 4.78 is 10.6. The molecular weight excluding hydrogens is 350 g/mol.